The largest absolute Gasteiger partial charge is 0.274 e. The zero-order chi connectivity index (χ0) is 11.8. The Morgan fingerprint density at radius 2 is 2.31 bits per heavy atom. The third-order valence-electron chi connectivity index (χ3n) is 2.65. The summed E-state index contributed by atoms with van der Waals surface area (Å²) in [7, 11) is -1.71. The van der Waals surface area contributed by atoms with Gasteiger partial charge in [-0.25, -0.2) is 8.42 Å². The van der Waals surface area contributed by atoms with E-state index in [0.29, 0.717) is 13.1 Å². The average molecular weight is 264 g/mol. The molecule has 0 bridgehead atoms. The first-order valence-corrected chi connectivity index (χ1v) is 7.00. The van der Waals surface area contributed by atoms with Crippen LogP contribution in [0, 0.1) is 0 Å². The summed E-state index contributed by atoms with van der Waals surface area (Å²) >= 11 is 5.98. The molecule has 16 heavy (non-hydrogen) atoms. The molecule has 0 aliphatic carbocycles. The van der Waals surface area contributed by atoms with Crippen LogP contribution in [-0.2, 0) is 17.1 Å². The molecule has 90 valence electrons. The molecule has 0 N–H and O–H groups in total. The lowest BCUT2D eigenvalue weighted by atomic mass is 10.2. The molecule has 0 saturated carbocycles. The van der Waals surface area contributed by atoms with Crippen molar-refractivity contribution in [1.29, 1.82) is 0 Å². The molecular weight excluding hydrogens is 250 g/mol. The second-order valence-corrected chi connectivity index (χ2v) is 6.51. The predicted octanol–water partition coefficient (Wildman–Crippen LogP) is 0.812. The van der Waals surface area contributed by atoms with E-state index >= 15 is 0 Å². The van der Waals surface area contributed by atoms with Crippen LogP contribution in [0.3, 0.4) is 0 Å². The van der Waals surface area contributed by atoms with Gasteiger partial charge in [-0.05, 0) is 12.8 Å². The Labute approximate surface area is 100 Å². The summed E-state index contributed by atoms with van der Waals surface area (Å²) in [5, 5.41) is 3.79. The van der Waals surface area contributed by atoms with Gasteiger partial charge in [0.05, 0.1) is 6.20 Å². The molecule has 2 rings (SSSR count). The van der Waals surface area contributed by atoms with Gasteiger partial charge in [0.25, 0.3) is 0 Å². The Kier molecular flexibility index (Phi) is 3.23. The van der Waals surface area contributed by atoms with Gasteiger partial charge in [-0.2, -0.15) is 9.40 Å². The van der Waals surface area contributed by atoms with Crippen molar-refractivity contribution in [3.63, 3.8) is 0 Å². The fourth-order valence-corrected chi connectivity index (χ4v) is 3.70. The molecule has 0 spiro atoms. The van der Waals surface area contributed by atoms with Gasteiger partial charge in [0.15, 0.2) is 0 Å². The first-order chi connectivity index (χ1) is 7.50. The first-order valence-electron chi connectivity index (χ1n) is 5.13. The van der Waals surface area contributed by atoms with Crippen LogP contribution in [-0.4, -0.2) is 41.0 Å². The van der Waals surface area contributed by atoms with Gasteiger partial charge in [0.2, 0.25) is 10.0 Å². The minimum atomic E-state index is -3.41. The second-order valence-electron chi connectivity index (χ2n) is 3.95. The van der Waals surface area contributed by atoms with Crippen LogP contribution >= 0.6 is 11.6 Å². The minimum Gasteiger partial charge on any atom is -0.274 e. The maximum absolute atomic E-state index is 12.2. The average Bonchev–Trinajstić information content (AvgIpc) is 2.65. The number of piperidine rings is 1. The number of alkyl halides is 1. The van der Waals surface area contributed by atoms with E-state index in [-0.39, 0.29) is 10.3 Å². The number of hydrogen-bond donors (Lipinski definition) is 0. The van der Waals surface area contributed by atoms with Gasteiger partial charge >= 0.3 is 0 Å². The second kappa shape index (κ2) is 4.35. The number of nitrogens with zero attached hydrogens (tertiary/aromatic N) is 3. The zero-order valence-corrected chi connectivity index (χ0v) is 10.6. The van der Waals surface area contributed by atoms with Gasteiger partial charge in [-0.1, -0.05) is 0 Å². The Balaban J connectivity index is 2.25. The van der Waals surface area contributed by atoms with Gasteiger partial charge < -0.3 is 0 Å². The van der Waals surface area contributed by atoms with Crippen molar-refractivity contribution in [2.24, 2.45) is 7.05 Å². The fourth-order valence-electron chi connectivity index (χ4n) is 1.79. The predicted molar refractivity (Wildman–Crippen MR) is 60.8 cm³/mol. The van der Waals surface area contributed by atoms with E-state index in [1.165, 1.54) is 21.4 Å². The summed E-state index contributed by atoms with van der Waals surface area (Å²) in [6.45, 7) is 0.930. The molecule has 7 heteroatoms. The number of aryl methyl sites for hydroxylation is 1. The van der Waals surface area contributed by atoms with Crippen LogP contribution in [0.2, 0.25) is 0 Å². The van der Waals surface area contributed by atoms with Gasteiger partial charge in [-0.3, -0.25) is 4.68 Å². The summed E-state index contributed by atoms with van der Waals surface area (Å²) in [4.78, 5) is 0.237. The Morgan fingerprint density at radius 1 is 1.56 bits per heavy atom. The molecule has 1 aliphatic heterocycles. The molecule has 1 saturated heterocycles. The molecule has 2 heterocycles. The van der Waals surface area contributed by atoms with Crippen molar-refractivity contribution >= 4 is 21.6 Å². The Hall–Kier alpha value is -0.590. The summed E-state index contributed by atoms with van der Waals surface area (Å²) < 4.78 is 27.2. The van der Waals surface area contributed by atoms with Gasteiger partial charge in [0.1, 0.15) is 4.90 Å². The molecule has 0 aromatic carbocycles. The third kappa shape index (κ3) is 2.23. The Bertz CT molecular complexity index is 471. The SMILES string of the molecule is Cn1cc(S(=O)(=O)N2CCCC(Cl)C2)cn1. The molecule has 1 fully saturated rings. The Morgan fingerprint density at radius 3 is 2.88 bits per heavy atom. The quantitative estimate of drug-likeness (QED) is 0.742. The van der Waals surface area contributed by atoms with Crippen LogP contribution in [0.5, 0.6) is 0 Å². The van der Waals surface area contributed by atoms with Crippen molar-refractivity contribution in [3.8, 4) is 0 Å². The minimum absolute atomic E-state index is 0.0832. The molecule has 1 unspecified atom stereocenters. The number of sulfonamides is 1. The van der Waals surface area contributed by atoms with Crippen LogP contribution in [0.25, 0.3) is 0 Å². The lowest BCUT2D eigenvalue weighted by Crippen LogP contribution is -2.40. The first kappa shape index (κ1) is 11.9. The highest BCUT2D eigenvalue weighted by Gasteiger charge is 2.30. The lowest BCUT2D eigenvalue weighted by Gasteiger charge is -2.28. The van der Waals surface area contributed by atoms with E-state index in [2.05, 4.69) is 5.10 Å². The molecule has 1 atom stereocenters. The normalized spacial score (nSPS) is 23.5. The summed E-state index contributed by atoms with van der Waals surface area (Å²) in [5.41, 5.74) is 0. The summed E-state index contributed by atoms with van der Waals surface area (Å²) in [6, 6.07) is 0. The summed E-state index contributed by atoms with van der Waals surface area (Å²) in [5.74, 6) is 0. The van der Waals surface area contributed by atoms with Crippen LogP contribution in [0.4, 0.5) is 0 Å². The maximum Gasteiger partial charge on any atom is 0.246 e. The molecule has 0 radical (unpaired) electrons. The molecule has 5 nitrogen and oxygen atoms in total. The van der Waals surface area contributed by atoms with E-state index in [1.54, 1.807) is 7.05 Å². The lowest BCUT2D eigenvalue weighted by molar-refractivity contribution is 0.350. The van der Waals surface area contributed by atoms with Crippen molar-refractivity contribution in [1.82, 2.24) is 14.1 Å². The number of halogens is 1. The van der Waals surface area contributed by atoms with E-state index in [9.17, 15) is 8.42 Å². The zero-order valence-electron chi connectivity index (χ0n) is 9.00. The van der Waals surface area contributed by atoms with Crippen LogP contribution in [0.15, 0.2) is 17.3 Å². The van der Waals surface area contributed by atoms with Gasteiger partial charge in [0, 0.05) is 31.7 Å². The number of aromatic nitrogens is 2. The van der Waals surface area contributed by atoms with Crippen LogP contribution in [0.1, 0.15) is 12.8 Å². The van der Waals surface area contributed by atoms with Crippen LogP contribution < -0.4 is 0 Å². The topological polar surface area (TPSA) is 55.2 Å². The van der Waals surface area contributed by atoms with E-state index in [0.717, 1.165) is 12.8 Å². The van der Waals surface area contributed by atoms with E-state index < -0.39 is 10.0 Å². The van der Waals surface area contributed by atoms with Crippen molar-refractivity contribution in [2.45, 2.75) is 23.1 Å². The highest BCUT2D eigenvalue weighted by Crippen LogP contribution is 2.22. The highest BCUT2D eigenvalue weighted by atomic mass is 35.5. The van der Waals surface area contributed by atoms with Crippen molar-refractivity contribution < 1.29 is 8.42 Å². The van der Waals surface area contributed by atoms with E-state index in [4.69, 9.17) is 11.6 Å². The standard InChI is InChI=1S/C9H14ClN3O2S/c1-12-7-9(5-11-12)16(14,15)13-4-2-3-8(10)6-13/h5,7-8H,2-4,6H2,1H3. The monoisotopic (exact) mass is 263 g/mol. The third-order valence-corrected chi connectivity index (χ3v) is 4.82. The fraction of sp³-hybridized carbons (Fsp3) is 0.667. The van der Waals surface area contributed by atoms with E-state index in [1.807, 2.05) is 0 Å². The molecular formula is C9H14ClN3O2S. The molecule has 1 aromatic heterocycles. The highest BCUT2D eigenvalue weighted by molar-refractivity contribution is 7.89. The molecule has 0 amide bonds. The number of rotatable bonds is 2. The maximum atomic E-state index is 12.2. The summed E-state index contributed by atoms with van der Waals surface area (Å²) in [6.07, 6.45) is 4.56. The van der Waals surface area contributed by atoms with Crippen molar-refractivity contribution in [3.05, 3.63) is 12.4 Å². The molecule has 1 aliphatic rings. The molecule has 1 aromatic rings. The van der Waals surface area contributed by atoms with Crippen molar-refractivity contribution in [2.75, 3.05) is 13.1 Å². The van der Waals surface area contributed by atoms with Gasteiger partial charge in [-0.15, -0.1) is 11.6 Å². The number of hydrogen-bond acceptors (Lipinski definition) is 3. The smallest absolute Gasteiger partial charge is 0.246 e.